The average Bonchev–Trinajstić information content (AvgIpc) is 2.37. The SMILES string of the molecule is CC(N)C(Sc1ccccn1)c1cccc(Cl)c1. The zero-order valence-electron chi connectivity index (χ0n) is 10.1. The fourth-order valence-corrected chi connectivity index (χ4v) is 2.94. The van der Waals surface area contributed by atoms with Gasteiger partial charge in [0.1, 0.15) is 0 Å². The molecule has 0 radical (unpaired) electrons. The number of halogens is 1. The Balaban J connectivity index is 2.24. The predicted molar refractivity (Wildman–Crippen MR) is 77.9 cm³/mol. The highest BCUT2D eigenvalue weighted by Gasteiger charge is 2.18. The van der Waals surface area contributed by atoms with Gasteiger partial charge in [-0.1, -0.05) is 41.6 Å². The normalized spacial score (nSPS) is 14.2. The van der Waals surface area contributed by atoms with E-state index < -0.39 is 0 Å². The van der Waals surface area contributed by atoms with Crippen LogP contribution in [0.1, 0.15) is 17.7 Å². The summed E-state index contributed by atoms with van der Waals surface area (Å²) in [4.78, 5) is 4.32. The first kappa shape index (κ1) is 13.4. The van der Waals surface area contributed by atoms with Crippen molar-refractivity contribution in [1.29, 1.82) is 0 Å². The Hall–Kier alpha value is -1.03. The van der Waals surface area contributed by atoms with Crippen LogP contribution in [0.4, 0.5) is 0 Å². The van der Waals surface area contributed by atoms with Gasteiger partial charge in [-0.3, -0.25) is 0 Å². The topological polar surface area (TPSA) is 38.9 Å². The summed E-state index contributed by atoms with van der Waals surface area (Å²) in [6.45, 7) is 2.00. The Bertz CT molecular complexity index is 502. The Morgan fingerprint density at radius 1 is 1.22 bits per heavy atom. The van der Waals surface area contributed by atoms with Gasteiger partial charge < -0.3 is 5.73 Å². The second kappa shape index (κ2) is 6.23. The number of hydrogen-bond acceptors (Lipinski definition) is 3. The van der Waals surface area contributed by atoms with Gasteiger partial charge in [-0.25, -0.2) is 4.98 Å². The van der Waals surface area contributed by atoms with Crippen molar-refractivity contribution in [1.82, 2.24) is 4.98 Å². The molecule has 0 fully saturated rings. The van der Waals surface area contributed by atoms with Gasteiger partial charge in [0.2, 0.25) is 0 Å². The van der Waals surface area contributed by atoms with Crippen LogP contribution in [-0.2, 0) is 0 Å². The van der Waals surface area contributed by atoms with E-state index in [1.165, 1.54) is 0 Å². The summed E-state index contributed by atoms with van der Waals surface area (Å²) < 4.78 is 0. The molecular weight excluding hydrogens is 264 g/mol. The standard InChI is InChI=1S/C14H15ClN2S/c1-10(16)14(11-5-4-6-12(15)9-11)18-13-7-2-3-8-17-13/h2-10,14H,16H2,1H3. The first-order chi connectivity index (χ1) is 8.66. The molecule has 0 saturated heterocycles. The van der Waals surface area contributed by atoms with E-state index in [0.717, 1.165) is 15.6 Å². The van der Waals surface area contributed by atoms with Crippen LogP contribution in [0.2, 0.25) is 5.02 Å². The lowest BCUT2D eigenvalue weighted by atomic mass is 10.1. The smallest absolute Gasteiger partial charge is 0.0966 e. The lowest BCUT2D eigenvalue weighted by Gasteiger charge is -2.20. The molecule has 2 atom stereocenters. The predicted octanol–water partition coefficient (Wildman–Crippen LogP) is 3.92. The largest absolute Gasteiger partial charge is 0.327 e. The quantitative estimate of drug-likeness (QED) is 0.862. The van der Waals surface area contributed by atoms with Gasteiger partial charge >= 0.3 is 0 Å². The highest BCUT2D eigenvalue weighted by molar-refractivity contribution is 7.99. The van der Waals surface area contributed by atoms with Crippen molar-refractivity contribution in [2.75, 3.05) is 0 Å². The Labute approximate surface area is 117 Å². The van der Waals surface area contributed by atoms with Crippen LogP contribution in [0.5, 0.6) is 0 Å². The molecule has 0 aliphatic heterocycles. The van der Waals surface area contributed by atoms with Crippen LogP contribution in [0.15, 0.2) is 53.7 Å². The number of benzene rings is 1. The molecule has 1 aromatic heterocycles. The summed E-state index contributed by atoms with van der Waals surface area (Å²) in [5.74, 6) is 0. The van der Waals surface area contributed by atoms with Gasteiger partial charge in [-0.05, 0) is 36.8 Å². The van der Waals surface area contributed by atoms with E-state index in [-0.39, 0.29) is 11.3 Å². The number of hydrogen-bond donors (Lipinski definition) is 1. The third-order valence-corrected chi connectivity index (χ3v) is 4.21. The molecule has 2 nitrogen and oxygen atoms in total. The van der Waals surface area contributed by atoms with E-state index in [1.807, 2.05) is 43.3 Å². The summed E-state index contributed by atoms with van der Waals surface area (Å²) >= 11 is 7.69. The zero-order chi connectivity index (χ0) is 13.0. The Morgan fingerprint density at radius 2 is 2.06 bits per heavy atom. The minimum Gasteiger partial charge on any atom is -0.327 e. The molecule has 0 saturated carbocycles. The highest BCUT2D eigenvalue weighted by Crippen LogP contribution is 2.36. The van der Waals surface area contributed by atoms with Crippen LogP contribution >= 0.6 is 23.4 Å². The fraction of sp³-hybridized carbons (Fsp3) is 0.214. The Morgan fingerprint density at radius 3 is 2.67 bits per heavy atom. The molecule has 0 aliphatic carbocycles. The van der Waals surface area contributed by atoms with Crippen LogP contribution in [0.25, 0.3) is 0 Å². The van der Waals surface area contributed by atoms with Crippen molar-refractivity contribution in [3.05, 3.63) is 59.2 Å². The van der Waals surface area contributed by atoms with Crippen molar-refractivity contribution in [2.45, 2.75) is 23.2 Å². The van der Waals surface area contributed by atoms with Gasteiger partial charge in [-0.2, -0.15) is 0 Å². The second-order valence-corrected chi connectivity index (χ2v) is 5.72. The van der Waals surface area contributed by atoms with Crippen LogP contribution in [0.3, 0.4) is 0 Å². The number of aromatic nitrogens is 1. The maximum Gasteiger partial charge on any atom is 0.0966 e. The molecule has 0 aliphatic rings. The van der Waals surface area contributed by atoms with Crippen LogP contribution in [0, 0.1) is 0 Å². The van der Waals surface area contributed by atoms with Gasteiger partial charge in [0, 0.05) is 17.3 Å². The molecule has 1 aromatic carbocycles. The van der Waals surface area contributed by atoms with Gasteiger partial charge in [0.15, 0.2) is 0 Å². The van der Waals surface area contributed by atoms with Gasteiger partial charge in [0.25, 0.3) is 0 Å². The van der Waals surface area contributed by atoms with Gasteiger partial charge in [-0.15, -0.1) is 0 Å². The molecule has 0 spiro atoms. The number of nitrogens with zero attached hydrogens (tertiary/aromatic N) is 1. The second-order valence-electron chi connectivity index (χ2n) is 4.12. The third-order valence-electron chi connectivity index (χ3n) is 2.54. The number of rotatable bonds is 4. The summed E-state index contributed by atoms with van der Waals surface area (Å²) in [5, 5.41) is 1.86. The molecular formula is C14H15ClN2S. The van der Waals surface area contributed by atoms with Gasteiger partial charge in [0.05, 0.1) is 10.3 Å². The van der Waals surface area contributed by atoms with E-state index in [1.54, 1.807) is 18.0 Å². The number of thioether (sulfide) groups is 1. The first-order valence-corrected chi connectivity index (χ1v) is 7.01. The maximum absolute atomic E-state index is 6.07. The van der Waals surface area contributed by atoms with Crippen LogP contribution < -0.4 is 5.73 Å². The molecule has 2 aromatic rings. The molecule has 2 N–H and O–H groups in total. The van der Waals surface area contributed by atoms with Crippen molar-refractivity contribution < 1.29 is 0 Å². The highest BCUT2D eigenvalue weighted by atomic mass is 35.5. The summed E-state index contributed by atoms with van der Waals surface area (Å²) in [7, 11) is 0. The molecule has 18 heavy (non-hydrogen) atoms. The van der Waals surface area contributed by atoms with E-state index in [2.05, 4.69) is 11.1 Å². The van der Waals surface area contributed by atoms with E-state index >= 15 is 0 Å². The minimum absolute atomic E-state index is 0.0236. The monoisotopic (exact) mass is 278 g/mol. The fourth-order valence-electron chi connectivity index (χ4n) is 1.71. The Kier molecular flexibility index (Phi) is 4.64. The molecule has 2 rings (SSSR count). The minimum atomic E-state index is 0.0236. The molecule has 94 valence electrons. The lowest BCUT2D eigenvalue weighted by molar-refractivity contribution is 0.720. The summed E-state index contributed by atoms with van der Waals surface area (Å²) in [6.07, 6.45) is 1.79. The average molecular weight is 279 g/mol. The van der Waals surface area contributed by atoms with E-state index in [0.29, 0.717) is 0 Å². The van der Waals surface area contributed by atoms with Crippen molar-refractivity contribution >= 4 is 23.4 Å². The van der Waals surface area contributed by atoms with Crippen molar-refractivity contribution in [3.8, 4) is 0 Å². The maximum atomic E-state index is 6.07. The summed E-state index contributed by atoms with van der Waals surface area (Å²) in [5.41, 5.74) is 7.21. The molecule has 2 unspecified atom stereocenters. The first-order valence-electron chi connectivity index (χ1n) is 5.75. The molecule has 0 bridgehead atoms. The molecule has 0 amide bonds. The van der Waals surface area contributed by atoms with Crippen molar-refractivity contribution in [3.63, 3.8) is 0 Å². The van der Waals surface area contributed by atoms with Crippen molar-refractivity contribution in [2.24, 2.45) is 5.73 Å². The number of pyridine rings is 1. The zero-order valence-corrected chi connectivity index (χ0v) is 11.7. The lowest BCUT2D eigenvalue weighted by Crippen LogP contribution is -2.22. The summed E-state index contributed by atoms with van der Waals surface area (Å²) in [6, 6.07) is 13.7. The number of nitrogens with two attached hydrogens (primary N) is 1. The van der Waals surface area contributed by atoms with Crippen LogP contribution in [-0.4, -0.2) is 11.0 Å². The van der Waals surface area contributed by atoms with E-state index in [9.17, 15) is 0 Å². The van der Waals surface area contributed by atoms with E-state index in [4.69, 9.17) is 17.3 Å². The third kappa shape index (κ3) is 3.48. The molecule has 4 heteroatoms. The molecule has 1 heterocycles.